The molecule has 5 heteroatoms. The van der Waals surface area contributed by atoms with Gasteiger partial charge in [0.15, 0.2) is 0 Å². The monoisotopic (exact) mass is 316 g/mol. The van der Waals surface area contributed by atoms with E-state index in [1.54, 1.807) is 6.20 Å². The lowest BCUT2D eigenvalue weighted by Crippen LogP contribution is -2.39. The van der Waals surface area contributed by atoms with Gasteiger partial charge in [-0.05, 0) is 39.3 Å². The molecule has 1 aromatic rings. The number of rotatable bonds is 3. The van der Waals surface area contributed by atoms with Crippen molar-refractivity contribution in [1.29, 1.82) is 0 Å². The van der Waals surface area contributed by atoms with Crippen molar-refractivity contribution in [3.63, 3.8) is 0 Å². The number of aromatic nitrogens is 2. The van der Waals surface area contributed by atoms with Crippen molar-refractivity contribution in [3.05, 3.63) is 23.8 Å². The summed E-state index contributed by atoms with van der Waals surface area (Å²) in [5, 5.41) is 0. The Morgan fingerprint density at radius 2 is 1.96 bits per heavy atom. The van der Waals surface area contributed by atoms with Gasteiger partial charge in [-0.1, -0.05) is 19.3 Å². The second kappa shape index (κ2) is 7.39. The number of carbonyl (C=O) groups is 1. The largest absolute Gasteiger partial charge is 0.337 e. The van der Waals surface area contributed by atoms with Crippen molar-refractivity contribution in [3.8, 4) is 0 Å². The molecular weight excluding hydrogens is 288 g/mol. The van der Waals surface area contributed by atoms with Crippen LogP contribution in [0.1, 0.15) is 67.0 Å². The van der Waals surface area contributed by atoms with E-state index in [2.05, 4.69) is 21.9 Å². The predicted octanol–water partition coefficient (Wildman–Crippen LogP) is 2.69. The quantitative estimate of drug-likeness (QED) is 0.860. The zero-order valence-electron chi connectivity index (χ0n) is 14.4. The van der Waals surface area contributed by atoms with Crippen molar-refractivity contribution in [1.82, 2.24) is 19.8 Å². The molecule has 1 saturated heterocycles. The highest BCUT2D eigenvalue weighted by Crippen LogP contribution is 2.25. The van der Waals surface area contributed by atoms with E-state index < -0.39 is 0 Å². The van der Waals surface area contributed by atoms with Crippen molar-refractivity contribution in [2.24, 2.45) is 0 Å². The van der Waals surface area contributed by atoms with Crippen LogP contribution < -0.4 is 0 Å². The first-order chi connectivity index (χ1) is 11.1. The maximum atomic E-state index is 12.8. The number of piperidine rings is 1. The molecule has 1 amide bonds. The Kier molecular flexibility index (Phi) is 5.26. The van der Waals surface area contributed by atoms with E-state index in [1.165, 1.54) is 25.7 Å². The number of carbonyl (C=O) groups excluding carboxylic acids is 1. The van der Waals surface area contributed by atoms with Crippen LogP contribution in [0.5, 0.6) is 0 Å². The van der Waals surface area contributed by atoms with E-state index in [0.29, 0.717) is 17.7 Å². The lowest BCUT2D eigenvalue weighted by molar-refractivity contribution is 0.0689. The highest BCUT2D eigenvalue weighted by atomic mass is 16.2. The first-order valence-corrected chi connectivity index (χ1v) is 8.93. The Morgan fingerprint density at radius 1 is 1.17 bits per heavy atom. The molecule has 0 unspecified atom stereocenters. The van der Waals surface area contributed by atoms with Gasteiger partial charge in [0.05, 0.1) is 11.9 Å². The molecule has 2 aliphatic rings. The zero-order chi connectivity index (χ0) is 16.2. The van der Waals surface area contributed by atoms with Crippen LogP contribution in [0.2, 0.25) is 0 Å². The summed E-state index contributed by atoms with van der Waals surface area (Å²) in [7, 11) is 4.06. The summed E-state index contributed by atoms with van der Waals surface area (Å²) in [5.41, 5.74) is 1.48. The van der Waals surface area contributed by atoms with Crippen LogP contribution in [0, 0.1) is 0 Å². The van der Waals surface area contributed by atoms with Gasteiger partial charge < -0.3 is 9.80 Å². The van der Waals surface area contributed by atoms with Crippen LogP contribution in [0.15, 0.2) is 12.4 Å². The molecule has 0 radical (unpaired) electrons. The highest BCUT2D eigenvalue weighted by Gasteiger charge is 2.26. The molecule has 1 aromatic heterocycles. The lowest BCUT2D eigenvalue weighted by atomic mass is 9.94. The van der Waals surface area contributed by atoms with Gasteiger partial charge in [0, 0.05) is 31.7 Å². The van der Waals surface area contributed by atoms with Crippen LogP contribution in [-0.4, -0.2) is 58.9 Å². The molecule has 0 N–H and O–H groups in total. The molecule has 1 aliphatic heterocycles. The molecule has 2 fully saturated rings. The van der Waals surface area contributed by atoms with Crippen LogP contribution in [-0.2, 0) is 0 Å². The minimum Gasteiger partial charge on any atom is -0.337 e. The fourth-order valence-corrected chi connectivity index (χ4v) is 3.90. The third kappa shape index (κ3) is 3.89. The maximum Gasteiger partial charge on any atom is 0.274 e. The molecule has 126 valence electrons. The maximum absolute atomic E-state index is 12.8. The standard InChI is InChI=1S/C18H28N4O/c1-21-10-6-7-14(13-21)16-11-19-12-17(20-16)18(23)22(2)15-8-4-3-5-9-15/h11-12,14-15H,3-10,13H2,1-2H3/t14-/m1/s1. The lowest BCUT2D eigenvalue weighted by Gasteiger charge is -2.31. The average Bonchev–Trinajstić information content (AvgIpc) is 2.61. The van der Waals surface area contributed by atoms with Gasteiger partial charge >= 0.3 is 0 Å². The topological polar surface area (TPSA) is 49.3 Å². The van der Waals surface area contributed by atoms with E-state index in [4.69, 9.17) is 0 Å². The van der Waals surface area contributed by atoms with Crippen LogP contribution in [0.25, 0.3) is 0 Å². The predicted molar refractivity (Wildman–Crippen MR) is 90.5 cm³/mol. The van der Waals surface area contributed by atoms with Crippen molar-refractivity contribution in [2.75, 3.05) is 27.2 Å². The summed E-state index contributed by atoms with van der Waals surface area (Å²) < 4.78 is 0. The Bertz CT molecular complexity index is 542. The Labute approximate surface area is 139 Å². The van der Waals surface area contributed by atoms with Gasteiger partial charge in [-0.15, -0.1) is 0 Å². The first-order valence-electron chi connectivity index (χ1n) is 8.93. The van der Waals surface area contributed by atoms with Crippen molar-refractivity contribution >= 4 is 5.91 Å². The zero-order valence-corrected chi connectivity index (χ0v) is 14.4. The minimum absolute atomic E-state index is 0.0235. The minimum atomic E-state index is 0.0235. The third-order valence-electron chi connectivity index (χ3n) is 5.36. The van der Waals surface area contributed by atoms with Crippen LogP contribution in [0.4, 0.5) is 0 Å². The number of nitrogens with zero attached hydrogens (tertiary/aromatic N) is 4. The number of hydrogen-bond acceptors (Lipinski definition) is 4. The van der Waals surface area contributed by atoms with E-state index in [1.807, 2.05) is 18.1 Å². The molecule has 1 aliphatic carbocycles. The van der Waals surface area contributed by atoms with E-state index in [9.17, 15) is 4.79 Å². The van der Waals surface area contributed by atoms with E-state index in [-0.39, 0.29) is 5.91 Å². The Hall–Kier alpha value is -1.49. The molecule has 3 rings (SSSR count). The van der Waals surface area contributed by atoms with Gasteiger partial charge in [0.25, 0.3) is 5.91 Å². The molecule has 0 bridgehead atoms. The summed E-state index contributed by atoms with van der Waals surface area (Å²) in [5.74, 6) is 0.421. The molecule has 0 aromatic carbocycles. The smallest absolute Gasteiger partial charge is 0.274 e. The van der Waals surface area contributed by atoms with E-state index in [0.717, 1.165) is 38.0 Å². The Balaban J connectivity index is 1.72. The number of likely N-dealkylation sites (N-methyl/N-ethyl adjacent to an activating group) is 1. The molecule has 1 saturated carbocycles. The number of amides is 1. The number of hydrogen-bond donors (Lipinski definition) is 0. The van der Waals surface area contributed by atoms with Gasteiger partial charge in [-0.25, -0.2) is 4.98 Å². The van der Waals surface area contributed by atoms with Crippen molar-refractivity contribution < 1.29 is 4.79 Å². The molecular formula is C18H28N4O. The molecule has 1 atom stereocenters. The van der Waals surface area contributed by atoms with Crippen LogP contribution >= 0.6 is 0 Å². The third-order valence-corrected chi connectivity index (χ3v) is 5.36. The fourth-order valence-electron chi connectivity index (χ4n) is 3.90. The molecule has 23 heavy (non-hydrogen) atoms. The summed E-state index contributed by atoms with van der Waals surface area (Å²) in [6.45, 7) is 2.15. The van der Waals surface area contributed by atoms with Gasteiger partial charge in [0.2, 0.25) is 0 Å². The first kappa shape index (κ1) is 16.4. The molecule has 5 nitrogen and oxygen atoms in total. The fraction of sp³-hybridized carbons (Fsp3) is 0.722. The van der Waals surface area contributed by atoms with E-state index >= 15 is 0 Å². The highest BCUT2D eigenvalue weighted by molar-refractivity contribution is 5.92. The van der Waals surface area contributed by atoms with Gasteiger partial charge in [0.1, 0.15) is 5.69 Å². The Morgan fingerprint density at radius 3 is 2.70 bits per heavy atom. The van der Waals surface area contributed by atoms with Crippen molar-refractivity contribution in [2.45, 2.75) is 56.9 Å². The summed E-state index contributed by atoms with van der Waals surface area (Å²) in [6, 6.07) is 0.363. The molecule has 2 heterocycles. The second-order valence-electron chi connectivity index (χ2n) is 7.14. The second-order valence-corrected chi connectivity index (χ2v) is 7.14. The average molecular weight is 316 g/mol. The van der Waals surface area contributed by atoms with Crippen LogP contribution in [0.3, 0.4) is 0 Å². The summed E-state index contributed by atoms with van der Waals surface area (Å²) >= 11 is 0. The van der Waals surface area contributed by atoms with Gasteiger partial charge in [-0.2, -0.15) is 0 Å². The summed E-state index contributed by atoms with van der Waals surface area (Å²) in [6.07, 6.45) is 11.7. The normalized spacial score (nSPS) is 23.7. The van der Waals surface area contributed by atoms with Gasteiger partial charge in [-0.3, -0.25) is 9.78 Å². The summed E-state index contributed by atoms with van der Waals surface area (Å²) in [4.78, 5) is 25.9. The number of likely N-dealkylation sites (tertiary alicyclic amines) is 1. The molecule has 0 spiro atoms. The SMILES string of the molecule is CN1CCC[C@@H](c2cncc(C(=O)N(C)C3CCCCC3)n2)C1.